The molecule has 0 aliphatic rings. The Balaban J connectivity index is 2.11. The van der Waals surface area contributed by atoms with Crippen LogP contribution in [0.15, 0.2) is 53.6 Å². The summed E-state index contributed by atoms with van der Waals surface area (Å²) in [5, 5.41) is 4.54. The van der Waals surface area contributed by atoms with E-state index in [1.54, 1.807) is 31.2 Å². The van der Waals surface area contributed by atoms with Crippen molar-refractivity contribution < 1.29 is 17.6 Å². The second-order valence-corrected chi connectivity index (χ2v) is 7.83. The molecule has 26 heavy (non-hydrogen) atoms. The number of hydrogen-bond donors (Lipinski definition) is 1. The van der Waals surface area contributed by atoms with Gasteiger partial charge in [-0.3, -0.25) is 9.10 Å². The fourth-order valence-corrected chi connectivity index (χ4v) is 3.06. The number of amides is 1. The number of carbonyl (C=O) groups excluding carboxylic acids is 1. The Hall–Kier alpha value is -2.45. The van der Waals surface area contributed by atoms with Gasteiger partial charge in [-0.05, 0) is 48.9 Å². The maximum Gasteiger partial charge on any atom is 0.260 e. The van der Waals surface area contributed by atoms with Crippen LogP contribution < -0.4 is 9.73 Å². The Morgan fingerprint density at radius 3 is 2.27 bits per heavy atom. The molecule has 9 heteroatoms. The van der Waals surface area contributed by atoms with Crippen LogP contribution in [0.4, 0.5) is 10.1 Å². The van der Waals surface area contributed by atoms with E-state index in [9.17, 15) is 17.6 Å². The summed E-state index contributed by atoms with van der Waals surface area (Å²) in [6.07, 6.45) is 0.964. The van der Waals surface area contributed by atoms with E-state index in [-0.39, 0.29) is 5.69 Å². The Morgan fingerprint density at radius 2 is 1.73 bits per heavy atom. The average molecular weight is 398 g/mol. The van der Waals surface area contributed by atoms with Crippen LogP contribution in [0, 0.1) is 5.82 Å². The second-order valence-electron chi connectivity index (χ2n) is 5.49. The predicted molar refractivity (Wildman–Crippen MR) is 100 cm³/mol. The van der Waals surface area contributed by atoms with Gasteiger partial charge in [0, 0.05) is 5.02 Å². The zero-order valence-corrected chi connectivity index (χ0v) is 15.7. The maximum absolute atomic E-state index is 13.0. The Labute approximate surface area is 156 Å². The van der Waals surface area contributed by atoms with Crippen molar-refractivity contribution in [2.24, 2.45) is 5.10 Å². The summed E-state index contributed by atoms with van der Waals surface area (Å²) >= 11 is 5.82. The molecule has 2 aromatic carbocycles. The average Bonchev–Trinajstić information content (AvgIpc) is 2.58. The molecule has 2 aromatic rings. The lowest BCUT2D eigenvalue weighted by atomic mass is 10.1. The van der Waals surface area contributed by atoms with Gasteiger partial charge in [0.2, 0.25) is 10.0 Å². The van der Waals surface area contributed by atoms with Crippen molar-refractivity contribution >= 4 is 38.9 Å². The van der Waals surface area contributed by atoms with Gasteiger partial charge in [-0.15, -0.1) is 0 Å². The number of halogens is 2. The largest absolute Gasteiger partial charge is 0.271 e. The van der Waals surface area contributed by atoms with Crippen LogP contribution in [0.3, 0.4) is 0 Å². The molecule has 0 aliphatic carbocycles. The Kier molecular flexibility index (Phi) is 6.33. The summed E-state index contributed by atoms with van der Waals surface area (Å²) in [6, 6.07) is 11.7. The number of anilines is 1. The molecule has 138 valence electrons. The van der Waals surface area contributed by atoms with E-state index in [0.717, 1.165) is 28.3 Å². The highest BCUT2D eigenvalue weighted by molar-refractivity contribution is 7.92. The van der Waals surface area contributed by atoms with Gasteiger partial charge < -0.3 is 0 Å². The molecule has 0 bridgehead atoms. The van der Waals surface area contributed by atoms with Crippen LogP contribution >= 0.6 is 11.6 Å². The fourth-order valence-electron chi connectivity index (χ4n) is 2.08. The number of rotatable bonds is 6. The van der Waals surface area contributed by atoms with Crippen LogP contribution in [-0.2, 0) is 14.8 Å². The molecule has 0 fully saturated rings. The van der Waals surface area contributed by atoms with E-state index in [2.05, 4.69) is 10.5 Å². The molecular weight excluding hydrogens is 381 g/mol. The van der Waals surface area contributed by atoms with Crippen molar-refractivity contribution in [2.75, 3.05) is 17.1 Å². The first-order chi connectivity index (χ1) is 12.2. The maximum atomic E-state index is 13.0. The second kappa shape index (κ2) is 8.29. The van der Waals surface area contributed by atoms with Gasteiger partial charge in [0.15, 0.2) is 0 Å². The van der Waals surface area contributed by atoms with E-state index >= 15 is 0 Å². The first-order valence-electron chi connectivity index (χ1n) is 7.49. The third-order valence-electron chi connectivity index (χ3n) is 3.41. The number of carbonyl (C=O) groups is 1. The topological polar surface area (TPSA) is 78.8 Å². The number of sulfonamides is 1. The first kappa shape index (κ1) is 19.9. The lowest BCUT2D eigenvalue weighted by molar-refractivity contribution is -0.119. The van der Waals surface area contributed by atoms with Gasteiger partial charge in [-0.2, -0.15) is 5.10 Å². The van der Waals surface area contributed by atoms with Gasteiger partial charge in [0.05, 0.1) is 17.7 Å². The smallest absolute Gasteiger partial charge is 0.260 e. The summed E-state index contributed by atoms with van der Waals surface area (Å²) in [7, 11) is -3.73. The zero-order valence-electron chi connectivity index (χ0n) is 14.1. The molecule has 0 spiro atoms. The number of nitrogens with one attached hydrogen (secondary N) is 1. The van der Waals surface area contributed by atoms with Crippen molar-refractivity contribution in [3.63, 3.8) is 0 Å². The predicted octanol–water partition coefficient (Wildman–Crippen LogP) is 2.79. The Bertz CT molecular complexity index is 913. The molecule has 0 atom stereocenters. The molecule has 0 saturated carbocycles. The number of benzene rings is 2. The van der Waals surface area contributed by atoms with Crippen molar-refractivity contribution in [1.29, 1.82) is 0 Å². The van der Waals surface area contributed by atoms with E-state index in [1.807, 2.05) is 0 Å². The lowest BCUT2D eigenvalue weighted by Crippen LogP contribution is -2.39. The molecule has 6 nitrogen and oxygen atoms in total. The molecular formula is C17H17ClFN3O3S. The normalized spacial score (nSPS) is 11.9. The van der Waals surface area contributed by atoms with Crippen LogP contribution in [0.1, 0.15) is 12.5 Å². The minimum Gasteiger partial charge on any atom is -0.271 e. The SMILES string of the molecule is C/C(=N/NC(=O)CN(c1ccc(F)cc1)S(C)(=O)=O)c1ccc(Cl)cc1. The number of nitrogens with zero attached hydrogens (tertiary/aromatic N) is 2. The van der Waals surface area contributed by atoms with E-state index in [4.69, 9.17) is 11.6 Å². The number of hydrogen-bond acceptors (Lipinski definition) is 4. The van der Waals surface area contributed by atoms with Crippen LogP contribution in [-0.4, -0.2) is 32.8 Å². The summed E-state index contributed by atoms with van der Waals surface area (Å²) in [4.78, 5) is 12.1. The fraction of sp³-hybridized carbons (Fsp3) is 0.176. The van der Waals surface area contributed by atoms with Crippen LogP contribution in [0.5, 0.6) is 0 Å². The van der Waals surface area contributed by atoms with Crippen molar-refractivity contribution in [2.45, 2.75) is 6.92 Å². The molecule has 0 saturated heterocycles. The van der Waals surface area contributed by atoms with E-state index in [0.29, 0.717) is 10.7 Å². The third-order valence-corrected chi connectivity index (χ3v) is 4.81. The van der Waals surface area contributed by atoms with Gasteiger partial charge in [-0.25, -0.2) is 18.2 Å². The minimum atomic E-state index is -3.73. The lowest BCUT2D eigenvalue weighted by Gasteiger charge is -2.21. The molecule has 1 N–H and O–H groups in total. The molecule has 2 rings (SSSR count). The highest BCUT2D eigenvalue weighted by Gasteiger charge is 2.20. The molecule has 0 aliphatic heterocycles. The summed E-state index contributed by atoms with van der Waals surface area (Å²) in [5.41, 5.74) is 3.79. The van der Waals surface area contributed by atoms with Crippen LogP contribution in [0.2, 0.25) is 5.02 Å². The van der Waals surface area contributed by atoms with Crippen molar-refractivity contribution in [3.8, 4) is 0 Å². The van der Waals surface area contributed by atoms with E-state index < -0.39 is 28.3 Å². The van der Waals surface area contributed by atoms with Gasteiger partial charge >= 0.3 is 0 Å². The first-order valence-corrected chi connectivity index (χ1v) is 9.72. The summed E-state index contributed by atoms with van der Waals surface area (Å²) in [6.45, 7) is 1.21. The van der Waals surface area contributed by atoms with Crippen molar-refractivity contribution in [1.82, 2.24) is 5.43 Å². The van der Waals surface area contributed by atoms with Gasteiger partial charge in [-0.1, -0.05) is 23.7 Å². The molecule has 0 aromatic heterocycles. The monoisotopic (exact) mass is 397 g/mol. The number of hydrazone groups is 1. The molecule has 0 unspecified atom stereocenters. The highest BCUT2D eigenvalue weighted by atomic mass is 35.5. The minimum absolute atomic E-state index is 0.183. The highest BCUT2D eigenvalue weighted by Crippen LogP contribution is 2.17. The van der Waals surface area contributed by atoms with Crippen LogP contribution in [0.25, 0.3) is 0 Å². The van der Waals surface area contributed by atoms with E-state index in [1.165, 1.54) is 12.1 Å². The zero-order chi connectivity index (χ0) is 19.3. The standard InChI is InChI=1S/C17H17ClFN3O3S/c1-12(13-3-5-14(18)6-4-13)20-21-17(23)11-22(26(2,24)25)16-9-7-15(19)8-10-16/h3-10H,11H2,1-2H3,(H,21,23)/b20-12-. The summed E-state index contributed by atoms with van der Waals surface area (Å²) < 4.78 is 37.8. The Morgan fingerprint density at radius 1 is 1.15 bits per heavy atom. The molecule has 0 radical (unpaired) electrons. The van der Waals surface area contributed by atoms with Crippen molar-refractivity contribution in [3.05, 3.63) is 64.9 Å². The summed E-state index contributed by atoms with van der Waals surface area (Å²) in [5.74, 6) is -1.14. The molecule has 1 amide bonds. The van der Waals surface area contributed by atoms with Gasteiger partial charge in [0.1, 0.15) is 12.4 Å². The molecule has 0 heterocycles. The quantitative estimate of drug-likeness (QED) is 0.601. The van der Waals surface area contributed by atoms with Gasteiger partial charge in [0.25, 0.3) is 5.91 Å². The third kappa shape index (κ3) is 5.53.